The van der Waals surface area contributed by atoms with E-state index in [9.17, 15) is 0 Å². The van der Waals surface area contributed by atoms with Crippen LogP contribution in [0, 0.1) is 0 Å². The van der Waals surface area contributed by atoms with Crippen molar-refractivity contribution in [2.45, 2.75) is 19.8 Å². The van der Waals surface area contributed by atoms with E-state index < -0.39 is 0 Å². The second-order valence-corrected chi connectivity index (χ2v) is 4.01. The number of ether oxygens (including phenoxy) is 1. The molecule has 2 rings (SSSR count). The van der Waals surface area contributed by atoms with Crippen LogP contribution < -0.4 is 4.74 Å². The number of methoxy groups -OCH3 is 1. The van der Waals surface area contributed by atoms with Gasteiger partial charge in [-0.3, -0.25) is 4.99 Å². The number of rotatable bonds is 2. The molecule has 0 amide bonds. The Hall–Kier alpha value is -1.57. The molecule has 84 valence electrons. The maximum Gasteiger partial charge on any atom is 0.118 e. The van der Waals surface area contributed by atoms with Crippen LogP contribution >= 0.6 is 0 Å². The number of hydrogen-bond acceptors (Lipinski definition) is 2. The van der Waals surface area contributed by atoms with E-state index in [4.69, 9.17) is 4.74 Å². The number of allylic oxidation sites excluding steroid dienone is 1. The highest BCUT2D eigenvalue weighted by molar-refractivity contribution is 6.02. The predicted molar refractivity (Wildman–Crippen MR) is 68.2 cm³/mol. The lowest BCUT2D eigenvalue weighted by Crippen LogP contribution is -2.05. The van der Waals surface area contributed by atoms with E-state index in [1.807, 2.05) is 12.1 Å². The first kappa shape index (κ1) is 10.9. The second-order valence-electron chi connectivity index (χ2n) is 4.01. The fraction of sp³-hybridized carbons (Fsp3) is 0.357. The molecule has 2 nitrogen and oxygen atoms in total. The van der Waals surface area contributed by atoms with Crippen LogP contribution in [0.4, 0.5) is 0 Å². The molecule has 2 heteroatoms. The summed E-state index contributed by atoms with van der Waals surface area (Å²) in [7, 11) is 1.69. The average molecular weight is 215 g/mol. The molecule has 1 aromatic carbocycles. The molecule has 0 radical (unpaired) electrons. The number of nitrogens with zero attached hydrogens (tertiary/aromatic N) is 1. The molecule has 0 spiro atoms. The van der Waals surface area contributed by atoms with Crippen LogP contribution in [0.5, 0.6) is 5.75 Å². The van der Waals surface area contributed by atoms with E-state index in [1.54, 1.807) is 7.11 Å². The van der Waals surface area contributed by atoms with E-state index in [0.29, 0.717) is 0 Å². The largest absolute Gasteiger partial charge is 0.497 e. The summed E-state index contributed by atoms with van der Waals surface area (Å²) in [5, 5.41) is 0. The molecule has 0 saturated carbocycles. The number of aliphatic imine (C=N–C) groups is 1. The highest BCUT2D eigenvalue weighted by Crippen LogP contribution is 2.19. The van der Waals surface area contributed by atoms with Crippen molar-refractivity contribution in [3.05, 3.63) is 35.4 Å². The van der Waals surface area contributed by atoms with Gasteiger partial charge < -0.3 is 4.74 Å². The Morgan fingerprint density at radius 3 is 2.62 bits per heavy atom. The van der Waals surface area contributed by atoms with E-state index >= 15 is 0 Å². The lowest BCUT2D eigenvalue weighted by Gasteiger charge is -2.12. The van der Waals surface area contributed by atoms with Crippen LogP contribution in [-0.2, 0) is 0 Å². The fourth-order valence-electron chi connectivity index (χ4n) is 1.88. The molecule has 0 N–H and O–H groups in total. The normalized spacial score (nSPS) is 18.4. The Morgan fingerprint density at radius 2 is 2.00 bits per heavy atom. The van der Waals surface area contributed by atoms with E-state index in [2.05, 4.69) is 30.1 Å². The van der Waals surface area contributed by atoms with Crippen molar-refractivity contribution in [2.24, 2.45) is 4.99 Å². The highest BCUT2D eigenvalue weighted by atomic mass is 16.5. The zero-order valence-corrected chi connectivity index (χ0v) is 9.86. The lowest BCUT2D eigenvalue weighted by atomic mass is 10.00. The van der Waals surface area contributed by atoms with Crippen molar-refractivity contribution < 1.29 is 4.74 Å². The minimum Gasteiger partial charge on any atom is -0.497 e. The standard InChI is InChI=1S/C14H17NO/c1-11-13(4-3-9-15-11)10-12-5-7-14(16-2)8-6-12/h5-8,10H,3-4,9H2,1-2H3/b13-10+. The minimum atomic E-state index is 0.899. The van der Waals surface area contributed by atoms with Gasteiger partial charge in [0.25, 0.3) is 0 Å². The van der Waals surface area contributed by atoms with Crippen molar-refractivity contribution in [1.29, 1.82) is 0 Å². The van der Waals surface area contributed by atoms with Crippen LogP contribution in [0.3, 0.4) is 0 Å². The molecule has 1 aromatic rings. The van der Waals surface area contributed by atoms with E-state index in [1.165, 1.54) is 23.3 Å². The van der Waals surface area contributed by atoms with Gasteiger partial charge in [0, 0.05) is 12.3 Å². The SMILES string of the molecule is COc1ccc(/C=C2\CCCN=C2C)cc1. The summed E-state index contributed by atoms with van der Waals surface area (Å²) in [5.41, 5.74) is 3.76. The zero-order valence-electron chi connectivity index (χ0n) is 9.86. The molecule has 0 saturated heterocycles. The molecule has 1 heterocycles. The summed E-state index contributed by atoms with van der Waals surface area (Å²) in [4.78, 5) is 4.46. The highest BCUT2D eigenvalue weighted by Gasteiger charge is 2.06. The summed E-state index contributed by atoms with van der Waals surface area (Å²) >= 11 is 0. The third kappa shape index (κ3) is 2.51. The van der Waals surface area contributed by atoms with Crippen molar-refractivity contribution in [3.8, 4) is 5.75 Å². The quantitative estimate of drug-likeness (QED) is 0.741. The summed E-state index contributed by atoms with van der Waals surface area (Å²) in [6, 6.07) is 8.13. The Bertz CT molecular complexity index is 415. The van der Waals surface area contributed by atoms with Crippen molar-refractivity contribution >= 4 is 11.8 Å². The molecular weight excluding hydrogens is 198 g/mol. The van der Waals surface area contributed by atoms with Crippen LogP contribution in [-0.4, -0.2) is 19.4 Å². The Labute approximate surface area is 96.7 Å². The molecule has 0 aromatic heterocycles. The minimum absolute atomic E-state index is 0.899. The van der Waals surface area contributed by atoms with Crippen LogP contribution in [0.1, 0.15) is 25.3 Å². The van der Waals surface area contributed by atoms with Gasteiger partial charge in [0.05, 0.1) is 7.11 Å². The van der Waals surface area contributed by atoms with Crippen molar-refractivity contribution in [1.82, 2.24) is 0 Å². The summed E-state index contributed by atoms with van der Waals surface area (Å²) in [5.74, 6) is 0.899. The van der Waals surface area contributed by atoms with Gasteiger partial charge in [-0.15, -0.1) is 0 Å². The Morgan fingerprint density at radius 1 is 1.25 bits per heavy atom. The van der Waals surface area contributed by atoms with E-state index in [0.717, 1.165) is 18.7 Å². The third-order valence-electron chi connectivity index (χ3n) is 2.87. The van der Waals surface area contributed by atoms with Gasteiger partial charge in [-0.25, -0.2) is 0 Å². The Kier molecular flexibility index (Phi) is 3.40. The predicted octanol–water partition coefficient (Wildman–Crippen LogP) is 3.33. The Balaban J connectivity index is 2.21. The molecular formula is C14H17NO. The molecule has 0 bridgehead atoms. The zero-order chi connectivity index (χ0) is 11.4. The van der Waals surface area contributed by atoms with Crippen molar-refractivity contribution in [2.75, 3.05) is 13.7 Å². The molecule has 0 unspecified atom stereocenters. The summed E-state index contributed by atoms with van der Waals surface area (Å²) < 4.78 is 5.14. The van der Waals surface area contributed by atoms with Gasteiger partial charge in [0.1, 0.15) is 5.75 Å². The van der Waals surface area contributed by atoms with E-state index in [-0.39, 0.29) is 0 Å². The smallest absolute Gasteiger partial charge is 0.118 e. The van der Waals surface area contributed by atoms with Crippen LogP contribution in [0.25, 0.3) is 6.08 Å². The third-order valence-corrected chi connectivity index (χ3v) is 2.87. The maximum absolute atomic E-state index is 5.14. The average Bonchev–Trinajstić information content (AvgIpc) is 2.33. The first-order chi connectivity index (χ1) is 7.79. The van der Waals surface area contributed by atoms with Gasteiger partial charge >= 0.3 is 0 Å². The molecule has 0 fully saturated rings. The van der Waals surface area contributed by atoms with Crippen LogP contribution in [0.15, 0.2) is 34.8 Å². The first-order valence-electron chi connectivity index (χ1n) is 5.65. The summed E-state index contributed by atoms with van der Waals surface area (Å²) in [6.07, 6.45) is 4.53. The first-order valence-corrected chi connectivity index (χ1v) is 5.65. The molecule has 16 heavy (non-hydrogen) atoms. The lowest BCUT2D eigenvalue weighted by molar-refractivity contribution is 0.415. The molecule has 0 atom stereocenters. The number of benzene rings is 1. The monoisotopic (exact) mass is 215 g/mol. The van der Waals surface area contributed by atoms with Gasteiger partial charge in [-0.2, -0.15) is 0 Å². The molecule has 1 aliphatic heterocycles. The maximum atomic E-state index is 5.14. The topological polar surface area (TPSA) is 21.6 Å². The van der Waals surface area contributed by atoms with Gasteiger partial charge in [-0.05, 0) is 49.1 Å². The van der Waals surface area contributed by atoms with Gasteiger partial charge in [0.2, 0.25) is 0 Å². The number of hydrogen-bond donors (Lipinski definition) is 0. The fourth-order valence-corrected chi connectivity index (χ4v) is 1.88. The molecule has 0 aliphatic carbocycles. The van der Waals surface area contributed by atoms with Gasteiger partial charge in [0.15, 0.2) is 0 Å². The molecule has 1 aliphatic rings. The van der Waals surface area contributed by atoms with Crippen molar-refractivity contribution in [3.63, 3.8) is 0 Å². The van der Waals surface area contributed by atoms with Gasteiger partial charge in [-0.1, -0.05) is 12.1 Å². The summed E-state index contributed by atoms with van der Waals surface area (Å²) in [6.45, 7) is 3.07. The second kappa shape index (κ2) is 4.97. The van der Waals surface area contributed by atoms with Crippen LogP contribution in [0.2, 0.25) is 0 Å².